The van der Waals surface area contributed by atoms with Crippen molar-refractivity contribution >= 4 is 6.08 Å². The number of benzene rings is 2. The molecule has 2 rings (SSSR count). The maximum atomic E-state index is 14.3. The van der Waals surface area contributed by atoms with E-state index in [0.29, 0.717) is 24.1 Å². The van der Waals surface area contributed by atoms with Gasteiger partial charge in [0.2, 0.25) is 0 Å². The molecular formula is C20H16F8O. The molecule has 0 aliphatic rings. The van der Waals surface area contributed by atoms with Gasteiger partial charge in [-0.1, -0.05) is 19.4 Å². The average Bonchev–Trinajstić information content (AvgIpc) is 2.57. The van der Waals surface area contributed by atoms with Crippen LogP contribution in [-0.2, 0) is 12.5 Å². The predicted molar refractivity (Wildman–Crippen MR) is 91.0 cm³/mol. The lowest BCUT2D eigenvalue weighted by Crippen LogP contribution is -2.23. The number of alkyl halides is 5. The van der Waals surface area contributed by atoms with Gasteiger partial charge in [-0.2, -0.15) is 22.0 Å². The first-order chi connectivity index (χ1) is 13.4. The SMILES string of the molecule is CCCCc1ccc(C(F)(F)Oc2cc(F)c(C=CC(F)(F)F)c(F)c2)c(F)c1. The molecule has 158 valence electrons. The van der Waals surface area contributed by atoms with Gasteiger partial charge < -0.3 is 4.74 Å². The van der Waals surface area contributed by atoms with E-state index >= 15 is 0 Å². The van der Waals surface area contributed by atoms with Crippen LogP contribution >= 0.6 is 0 Å². The van der Waals surface area contributed by atoms with Crippen molar-refractivity contribution < 1.29 is 39.9 Å². The molecule has 1 nitrogen and oxygen atoms in total. The largest absolute Gasteiger partial charge is 0.429 e. The van der Waals surface area contributed by atoms with E-state index in [1.807, 2.05) is 6.92 Å². The van der Waals surface area contributed by atoms with E-state index in [2.05, 4.69) is 4.74 Å². The molecule has 0 heterocycles. The second-order valence-electron chi connectivity index (χ2n) is 6.21. The molecule has 0 amide bonds. The zero-order valence-electron chi connectivity index (χ0n) is 15.1. The van der Waals surface area contributed by atoms with Crippen LogP contribution in [-0.4, -0.2) is 6.18 Å². The van der Waals surface area contributed by atoms with E-state index < -0.39 is 52.7 Å². The van der Waals surface area contributed by atoms with Crippen molar-refractivity contribution in [3.05, 3.63) is 70.5 Å². The summed E-state index contributed by atoms with van der Waals surface area (Å²) in [5.41, 5.74) is -1.72. The Morgan fingerprint density at radius 2 is 1.52 bits per heavy atom. The molecule has 0 fully saturated rings. The number of ether oxygens (including phenoxy) is 1. The van der Waals surface area contributed by atoms with Crippen molar-refractivity contribution in [2.24, 2.45) is 0 Å². The third kappa shape index (κ3) is 6.20. The van der Waals surface area contributed by atoms with Crippen LogP contribution in [0.5, 0.6) is 5.75 Å². The summed E-state index contributed by atoms with van der Waals surface area (Å²) < 4.78 is 111. The molecule has 0 saturated heterocycles. The minimum atomic E-state index is -4.82. The van der Waals surface area contributed by atoms with Crippen molar-refractivity contribution in [1.29, 1.82) is 0 Å². The Morgan fingerprint density at radius 3 is 2.03 bits per heavy atom. The van der Waals surface area contributed by atoms with E-state index in [9.17, 15) is 35.1 Å². The van der Waals surface area contributed by atoms with Gasteiger partial charge in [-0.3, -0.25) is 0 Å². The first-order valence-electron chi connectivity index (χ1n) is 8.53. The van der Waals surface area contributed by atoms with Gasteiger partial charge in [0, 0.05) is 23.8 Å². The van der Waals surface area contributed by atoms with Crippen molar-refractivity contribution in [1.82, 2.24) is 0 Å². The first-order valence-corrected chi connectivity index (χ1v) is 8.53. The average molecular weight is 424 g/mol. The van der Waals surface area contributed by atoms with Crippen LogP contribution in [0.4, 0.5) is 35.1 Å². The van der Waals surface area contributed by atoms with Crippen LogP contribution in [0.25, 0.3) is 6.08 Å². The summed E-state index contributed by atoms with van der Waals surface area (Å²) in [5, 5.41) is 0. The zero-order valence-corrected chi connectivity index (χ0v) is 15.1. The summed E-state index contributed by atoms with van der Waals surface area (Å²) in [5.74, 6) is -5.36. The molecule has 0 N–H and O–H groups in total. The van der Waals surface area contributed by atoms with Crippen LogP contribution < -0.4 is 4.74 Å². The topological polar surface area (TPSA) is 9.23 Å². The maximum absolute atomic E-state index is 14.3. The fraction of sp³-hybridized carbons (Fsp3) is 0.300. The first kappa shape index (κ1) is 22.7. The molecule has 0 aliphatic heterocycles. The quantitative estimate of drug-likeness (QED) is 0.429. The van der Waals surface area contributed by atoms with E-state index in [0.717, 1.165) is 25.0 Å². The molecule has 9 heteroatoms. The highest BCUT2D eigenvalue weighted by molar-refractivity contribution is 5.53. The van der Waals surface area contributed by atoms with Gasteiger partial charge >= 0.3 is 12.3 Å². The van der Waals surface area contributed by atoms with Crippen molar-refractivity contribution in [3.8, 4) is 5.75 Å². The number of unbranched alkanes of at least 4 members (excludes halogenated alkanes) is 1. The number of aryl methyl sites for hydroxylation is 1. The highest BCUT2D eigenvalue weighted by Crippen LogP contribution is 2.35. The fourth-order valence-corrected chi connectivity index (χ4v) is 2.49. The summed E-state index contributed by atoms with van der Waals surface area (Å²) in [7, 11) is 0. The fourth-order valence-electron chi connectivity index (χ4n) is 2.49. The van der Waals surface area contributed by atoms with Crippen molar-refractivity contribution in [3.63, 3.8) is 0 Å². The van der Waals surface area contributed by atoms with E-state index in [1.165, 1.54) is 6.07 Å². The van der Waals surface area contributed by atoms with Crippen molar-refractivity contribution in [2.75, 3.05) is 0 Å². The monoisotopic (exact) mass is 424 g/mol. The summed E-state index contributed by atoms with van der Waals surface area (Å²) in [6.07, 6.45) is -7.31. The highest BCUT2D eigenvalue weighted by atomic mass is 19.4. The van der Waals surface area contributed by atoms with Crippen LogP contribution in [0.2, 0.25) is 0 Å². The number of hydrogen-bond donors (Lipinski definition) is 0. The molecule has 0 saturated carbocycles. The maximum Gasteiger partial charge on any atom is 0.429 e. The van der Waals surface area contributed by atoms with Crippen LogP contribution in [0, 0.1) is 17.5 Å². The summed E-state index contributed by atoms with van der Waals surface area (Å²) >= 11 is 0. The molecule has 0 radical (unpaired) electrons. The zero-order chi connectivity index (χ0) is 21.8. The van der Waals surface area contributed by atoms with Gasteiger partial charge in [0.15, 0.2) is 0 Å². The van der Waals surface area contributed by atoms with Gasteiger partial charge in [-0.15, -0.1) is 0 Å². The molecule has 2 aromatic rings. The molecule has 0 aromatic heterocycles. The minimum absolute atomic E-state index is 0.126. The molecule has 0 bridgehead atoms. The molecule has 0 atom stereocenters. The molecule has 0 spiro atoms. The molecular weight excluding hydrogens is 408 g/mol. The van der Waals surface area contributed by atoms with Gasteiger partial charge in [0.05, 0.1) is 5.56 Å². The third-order valence-electron chi connectivity index (χ3n) is 3.90. The summed E-state index contributed by atoms with van der Waals surface area (Å²) in [4.78, 5) is 0. The van der Waals surface area contributed by atoms with Crippen molar-refractivity contribution in [2.45, 2.75) is 38.5 Å². The molecule has 2 aromatic carbocycles. The molecule has 29 heavy (non-hydrogen) atoms. The Labute approximate surface area is 161 Å². The van der Waals surface area contributed by atoms with E-state index in [-0.39, 0.29) is 6.08 Å². The van der Waals surface area contributed by atoms with Gasteiger partial charge in [0.1, 0.15) is 23.2 Å². The second kappa shape index (κ2) is 8.84. The van der Waals surface area contributed by atoms with Crippen LogP contribution in [0.3, 0.4) is 0 Å². The summed E-state index contributed by atoms with van der Waals surface area (Å²) in [6.45, 7) is 1.91. The van der Waals surface area contributed by atoms with E-state index in [4.69, 9.17) is 0 Å². The van der Waals surface area contributed by atoms with Crippen LogP contribution in [0.15, 0.2) is 36.4 Å². The van der Waals surface area contributed by atoms with Gasteiger partial charge in [-0.05, 0) is 36.6 Å². The smallest absolute Gasteiger partial charge is 0.429 e. The normalized spacial score (nSPS) is 12.6. The lowest BCUT2D eigenvalue weighted by atomic mass is 10.1. The number of halogens is 8. The van der Waals surface area contributed by atoms with Gasteiger partial charge in [-0.25, -0.2) is 13.2 Å². The molecule has 0 unspecified atom stereocenters. The number of hydrogen-bond acceptors (Lipinski definition) is 1. The van der Waals surface area contributed by atoms with Gasteiger partial charge in [0.25, 0.3) is 0 Å². The Hall–Kier alpha value is -2.58. The number of rotatable bonds is 7. The standard InChI is InChI=1S/C20H16F8O/c1-2-3-4-12-5-6-15(18(23)9-12)20(27,28)29-13-10-16(21)14(17(22)11-13)7-8-19(24,25)26/h5-11H,2-4H2,1H3. The molecule has 0 aliphatic carbocycles. The second-order valence-corrected chi connectivity index (χ2v) is 6.21. The Kier molecular flexibility index (Phi) is 6.92. The van der Waals surface area contributed by atoms with Crippen LogP contribution in [0.1, 0.15) is 36.5 Å². The Morgan fingerprint density at radius 1 is 0.897 bits per heavy atom. The van der Waals surface area contributed by atoms with E-state index in [1.54, 1.807) is 0 Å². The Balaban J connectivity index is 2.27. The number of allylic oxidation sites excluding steroid dienone is 1. The third-order valence-corrected chi connectivity index (χ3v) is 3.90. The highest BCUT2D eigenvalue weighted by Gasteiger charge is 2.38. The Bertz CT molecular complexity index is 864. The minimum Gasteiger partial charge on any atom is -0.429 e. The summed E-state index contributed by atoms with van der Waals surface area (Å²) in [6, 6.07) is 3.61. The predicted octanol–water partition coefficient (Wildman–Crippen LogP) is 7.15. The lowest BCUT2D eigenvalue weighted by Gasteiger charge is -2.19. The lowest BCUT2D eigenvalue weighted by molar-refractivity contribution is -0.187.